The van der Waals surface area contributed by atoms with E-state index in [4.69, 9.17) is 4.74 Å². The van der Waals surface area contributed by atoms with Gasteiger partial charge in [0.25, 0.3) is 0 Å². The van der Waals surface area contributed by atoms with Crippen LogP contribution >= 0.6 is 0 Å². The predicted octanol–water partition coefficient (Wildman–Crippen LogP) is 2.94. The molecule has 0 saturated carbocycles. The molecule has 2 rings (SSSR count). The second-order valence-electron chi connectivity index (χ2n) is 4.59. The van der Waals surface area contributed by atoms with Crippen LogP contribution in [0.3, 0.4) is 0 Å². The summed E-state index contributed by atoms with van der Waals surface area (Å²) >= 11 is 0. The van der Waals surface area contributed by atoms with Crippen LogP contribution < -0.4 is 10.1 Å². The molecule has 0 aliphatic rings. The largest absolute Gasteiger partial charge is 0.489 e. The zero-order chi connectivity index (χ0) is 14.2. The van der Waals surface area contributed by atoms with Crippen LogP contribution in [0.4, 0.5) is 0 Å². The summed E-state index contributed by atoms with van der Waals surface area (Å²) in [7, 11) is 1.66. The van der Waals surface area contributed by atoms with Gasteiger partial charge in [-0.3, -0.25) is 4.79 Å². The van der Waals surface area contributed by atoms with Crippen molar-refractivity contribution in [3.8, 4) is 5.75 Å². The van der Waals surface area contributed by atoms with Crippen molar-refractivity contribution in [2.45, 2.75) is 19.4 Å². The summed E-state index contributed by atoms with van der Waals surface area (Å²) < 4.78 is 5.71. The fourth-order valence-corrected chi connectivity index (χ4v) is 1.88. The molecule has 2 aromatic carbocycles. The minimum absolute atomic E-state index is 0.0643. The molecule has 104 valence electrons. The molecule has 0 atom stereocenters. The van der Waals surface area contributed by atoms with Crippen LogP contribution in [0, 0.1) is 0 Å². The molecule has 0 fully saturated rings. The zero-order valence-electron chi connectivity index (χ0n) is 11.6. The van der Waals surface area contributed by atoms with Crippen molar-refractivity contribution in [1.29, 1.82) is 0 Å². The highest BCUT2D eigenvalue weighted by Crippen LogP contribution is 2.15. The highest BCUT2D eigenvalue weighted by molar-refractivity contribution is 5.75. The summed E-state index contributed by atoms with van der Waals surface area (Å²) in [6, 6.07) is 18.0. The van der Waals surface area contributed by atoms with E-state index in [9.17, 15) is 4.79 Å². The lowest BCUT2D eigenvalue weighted by atomic mass is 10.1. The molecule has 0 aliphatic carbocycles. The summed E-state index contributed by atoms with van der Waals surface area (Å²) in [5, 5.41) is 2.62. The number of rotatable bonds is 6. The van der Waals surface area contributed by atoms with Gasteiger partial charge in [0.15, 0.2) is 0 Å². The first-order valence-electron chi connectivity index (χ1n) is 6.74. The number of amides is 1. The molecular formula is C17H19NO2. The maximum atomic E-state index is 11.2. The van der Waals surface area contributed by atoms with Gasteiger partial charge in [0.05, 0.1) is 0 Å². The number of nitrogens with one attached hydrogen (secondary N) is 1. The van der Waals surface area contributed by atoms with Crippen molar-refractivity contribution in [2.24, 2.45) is 0 Å². The molecule has 0 heterocycles. The van der Waals surface area contributed by atoms with E-state index in [1.807, 2.05) is 54.6 Å². The van der Waals surface area contributed by atoms with E-state index >= 15 is 0 Å². The minimum atomic E-state index is 0.0643. The average Bonchev–Trinajstić information content (AvgIpc) is 2.52. The Kier molecular flexibility index (Phi) is 5.18. The third-order valence-electron chi connectivity index (χ3n) is 3.09. The highest BCUT2D eigenvalue weighted by atomic mass is 16.5. The molecule has 0 unspecified atom stereocenters. The Bertz CT molecular complexity index is 535. The van der Waals surface area contributed by atoms with Crippen molar-refractivity contribution in [3.05, 3.63) is 65.7 Å². The van der Waals surface area contributed by atoms with Crippen LogP contribution in [-0.4, -0.2) is 13.0 Å². The van der Waals surface area contributed by atoms with Gasteiger partial charge < -0.3 is 10.1 Å². The van der Waals surface area contributed by atoms with Gasteiger partial charge in [0.2, 0.25) is 5.91 Å². The Morgan fingerprint density at radius 2 is 1.70 bits per heavy atom. The molecule has 0 saturated heterocycles. The number of benzene rings is 2. The molecule has 0 aromatic heterocycles. The van der Waals surface area contributed by atoms with Crippen molar-refractivity contribution in [3.63, 3.8) is 0 Å². The van der Waals surface area contributed by atoms with Crippen LogP contribution in [0.15, 0.2) is 54.6 Å². The fourth-order valence-electron chi connectivity index (χ4n) is 1.88. The Hall–Kier alpha value is -2.29. The normalized spacial score (nSPS) is 10.1. The van der Waals surface area contributed by atoms with Gasteiger partial charge in [0.1, 0.15) is 12.4 Å². The molecule has 0 radical (unpaired) electrons. The van der Waals surface area contributed by atoms with E-state index in [0.717, 1.165) is 23.3 Å². The Morgan fingerprint density at radius 3 is 2.35 bits per heavy atom. The number of hydrogen-bond donors (Lipinski definition) is 1. The van der Waals surface area contributed by atoms with E-state index in [2.05, 4.69) is 5.32 Å². The summed E-state index contributed by atoms with van der Waals surface area (Å²) in [6.07, 6.45) is 1.26. The number of aryl methyl sites for hydroxylation is 1. The van der Waals surface area contributed by atoms with Crippen LogP contribution in [0.25, 0.3) is 0 Å². The lowest BCUT2D eigenvalue weighted by Gasteiger charge is -2.07. The molecule has 1 N–H and O–H groups in total. The van der Waals surface area contributed by atoms with E-state index < -0.39 is 0 Å². The van der Waals surface area contributed by atoms with E-state index in [-0.39, 0.29) is 5.91 Å². The number of ether oxygens (including phenoxy) is 1. The first-order chi connectivity index (χ1) is 9.78. The average molecular weight is 269 g/mol. The van der Waals surface area contributed by atoms with Crippen molar-refractivity contribution >= 4 is 5.91 Å². The zero-order valence-corrected chi connectivity index (χ0v) is 11.6. The van der Waals surface area contributed by atoms with Crippen molar-refractivity contribution in [2.75, 3.05) is 7.05 Å². The summed E-state index contributed by atoms with van der Waals surface area (Å²) in [5.74, 6) is 0.909. The molecule has 0 spiro atoms. The minimum Gasteiger partial charge on any atom is -0.489 e. The number of carbonyl (C=O) groups is 1. The fraction of sp³-hybridized carbons (Fsp3) is 0.235. The summed E-state index contributed by atoms with van der Waals surface area (Å²) in [5.41, 5.74) is 2.29. The third-order valence-corrected chi connectivity index (χ3v) is 3.09. The number of carbonyl (C=O) groups excluding carboxylic acids is 1. The second-order valence-corrected chi connectivity index (χ2v) is 4.59. The van der Waals surface area contributed by atoms with Gasteiger partial charge in [-0.1, -0.05) is 42.5 Å². The third kappa shape index (κ3) is 4.43. The van der Waals surface area contributed by atoms with Gasteiger partial charge in [0, 0.05) is 13.5 Å². The molecule has 0 bridgehead atoms. The Labute approximate surface area is 119 Å². The van der Waals surface area contributed by atoms with Gasteiger partial charge in [-0.15, -0.1) is 0 Å². The Morgan fingerprint density at radius 1 is 1.00 bits per heavy atom. The molecular weight excluding hydrogens is 250 g/mol. The summed E-state index contributed by atoms with van der Waals surface area (Å²) in [6.45, 7) is 0.568. The summed E-state index contributed by atoms with van der Waals surface area (Å²) in [4.78, 5) is 11.2. The van der Waals surface area contributed by atoms with Crippen LogP contribution in [-0.2, 0) is 17.8 Å². The molecule has 3 heteroatoms. The smallest absolute Gasteiger partial charge is 0.220 e. The maximum absolute atomic E-state index is 11.2. The molecule has 1 amide bonds. The van der Waals surface area contributed by atoms with Crippen LogP contribution in [0.2, 0.25) is 0 Å². The molecule has 0 aliphatic heterocycles. The molecule has 3 nitrogen and oxygen atoms in total. The lowest BCUT2D eigenvalue weighted by molar-refractivity contribution is -0.120. The monoisotopic (exact) mass is 269 g/mol. The van der Waals surface area contributed by atoms with E-state index in [0.29, 0.717) is 13.0 Å². The van der Waals surface area contributed by atoms with Gasteiger partial charge >= 0.3 is 0 Å². The standard InChI is InChI=1S/C17H19NO2/c1-18-17(19)12-9-14-7-10-16(11-8-14)20-13-15-5-3-2-4-6-15/h2-8,10-11H,9,12-13H2,1H3,(H,18,19). The van der Waals surface area contributed by atoms with Crippen molar-refractivity contribution < 1.29 is 9.53 Å². The van der Waals surface area contributed by atoms with E-state index in [1.54, 1.807) is 7.05 Å². The lowest BCUT2D eigenvalue weighted by Crippen LogP contribution is -2.17. The number of hydrogen-bond acceptors (Lipinski definition) is 2. The predicted molar refractivity (Wildman–Crippen MR) is 79.6 cm³/mol. The SMILES string of the molecule is CNC(=O)CCc1ccc(OCc2ccccc2)cc1. The second kappa shape index (κ2) is 7.34. The van der Waals surface area contributed by atoms with E-state index in [1.165, 1.54) is 0 Å². The van der Waals surface area contributed by atoms with Gasteiger partial charge in [-0.2, -0.15) is 0 Å². The quantitative estimate of drug-likeness (QED) is 0.875. The molecule has 2 aromatic rings. The van der Waals surface area contributed by atoms with Crippen LogP contribution in [0.1, 0.15) is 17.5 Å². The van der Waals surface area contributed by atoms with Crippen molar-refractivity contribution in [1.82, 2.24) is 5.32 Å². The van der Waals surface area contributed by atoms with Gasteiger partial charge in [-0.25, -0.2) is 0 Å². The first-order valence-corrected chi connectivity index (χ1v) is 6.74. The first kappa shape index (κ1) is 14.1. The highest BCUT2D eigenvalue weighted by Gasteiger charge is 2.00. The Balaban J connectivity index is 1.84. The molecule has 20 heavy (non-hydrogen) atoms. The topological polar surface area (TPSA) is 38.3 Å². The maximum Gasteiger partial charge on any atom is 0.220 e. The van der Waals surface area contributed by atoms with Gasteiger partial charge in [-0.05, 0) is 29.7 Å². The van der Waals surface area contributed by atoms with Crippen LogP contribution in [0.5, 0.6) is 5.75 Å².